The molecule has 0 amide bonds. The highest BCUT2D eigenvalue weighted by Gasteiger charge is 1.98. The summed E-state index contributed by atoms with van der Waals surface area (Å²) in [5.74, 6) is 0.925. The average Bonchev–Trinajstić information content (AvgIpc) is 2.37. The molecule has 0 bridgehead atoms. The monoisotopic (exact) mass is 304 g/mol. The summed E-state index contributed by atoms with van der Waals surface area (Å²) in [6, 6.07) is 16.5. The third kappa shape index (κ3) is 3.88. The predicted molar refractivity (Wildman–Crippen MR) is 79.1 cm³/mol. The van der Waals surface area contributed by atoms with Gasteiger partial charge < -0.3 is 4.74 Å². The molecule has 0 spiro atoms. The van der Waals surface area contributed by atoms with Crippen molar-refractivity contribution in [2.45, 2.75) is 19.8 Å². The highest BCUT2D eigenvalue weighted by Crippen LogP contribution is 2.18. The van der Waals surface area contributed by atoms with Crippen LogP contribution in [0.1, 0.15) is 17.5 Å². The molecule has 0 N–H and O–H groups in total. The standard InChI is InChI=1S/C16H17BrO/c1-13-6-2-3-7-14(13)8-5-11-18-16-10-4-9-15(17)12-16/h2-4,6-7,9-10,12H,5,8,11H2,1H3. The van der Waals surface area contributed by atoms with Crippen molar-refractivity contribution in [1.29, 1.82) is 0 Å². The van der Waals surface area contributed by atoms with Gasteiger partial charge in [-0.2, -0.15) is 0 Å². The lowest BCUT2D eigenvalue weighted by molar-refractivity contribution is 0.311. The highest BCUT2D eigenvalue weighted by atomic mass is 79.9. The molecular weight excluding hydrogens is 288 g/mol. The van der Waals surface area contributed by atoms with Crippen LogP contribution in [0.15, 0.2) is 53.0 Å². The van der Waals surface area contributed by atoms with E-state index in [2.05, 4.69) is 47.1 Å². The average molecular weight is 305 g/mol. The number of halogens is 1. The Morgan fingerprint density at radius 3 is 2.67 bits per heavy atom. The second-order valence-electron chi connectivity index (χ2n) is 4.34. The first kappa shape index (κ1) is 13.2. The second kappa shape index (κ2) is 6.60. The van der Waals surface area contributed by atoms with E-state index in [9.17, 15) is 0 Å². The van der Waals surface area contributed by atoms with E-state index in [1.54, 1.807) is 0 Å². The maximum absolute atomic E-state index is 5.72. The molecule has 1 nitrogen and oxygen atoms in total. The zero-order valence-electron chi connectivity index (χ0n) is 10.5. The Bertz CT molecular complexity index is 508. The molecule has 0 saturated carbocycles. The number of hydrogen-bond donors (Lipinski definition) is 0. The van der Waals surface area contributed by atoms with Gasteiger partial charge in [0.05, 0.1) is 6.61 Å². The van der Waals surface area contributed by atoms with Crippen LogP contribution in [0.5, 0.6) is 5.75 Å². The van der Waals surface area contributed by atoms with Gasteiger partial charge in [0.25, 0.3) is 0 Å². The maximum atomic E-state index is 5.72. The molecule has 2 heteroatoms. The third-order valence-electron chi connectivity index (χ3n) is 2.92. The van der Waals surface area contributed by atoms with Gasteiger partial charge in [0.2, 0.25) is 0 Å². The van der Waals surface area contributed by atoms with Crippen molar-refractivity contribution in [3.63, 3.8) is 0 Å². The minimum Gasteiger partial charge on any atom is -0.494 e. The zero-order chi connectivity index (χ0) is 12.8. The molecule has 0 saturated heterocycles. The van der Waals surface area contributed by atoms with Gasteiger partial charge in [-0.3, -0.25) is 0 Å². The molecule has 0 fully saturated rings. The van der Waals surface area contributed by atoms with E-state index in [1.807, 2.05) is 24.3 Å². The summed E-state index contributed by atoms with van der Waals surface area (Å²) >= 11 is 3.44. The fourth-order valence-electron chi connectivity index (χ4n) is 1.90. The van der Waals surface area contributed by atoms with E-state index in [4.69, 9.17) is 4.74 Å². The van der Waals surface area contributed by atoms with Crippen LogP contribution >= 0.6 is 15.9 Å². The van der Waals surface area contributed by atoms with Gasteiger partial charge in [0, 0.05) is 4.47 Å². The quantitative estimate of drug-likeness (QED) is 0.723. The Hall–Kier alpha value is -1.28. The molecule has 18 heavy (non-hydrogen) atoms. The van der Waals surface area contributed by atoms with Gasteiger partial charge in [-0.25, -0.2) is 0 Å². The van der Waals surface area contributed by atoms with Crippen LogP contribution in [-0.2, 0) is 6.42 Å². The first-order chi connectivity index (χ1) is 8.75. The van der Waals surface area contributed by atoms with Crippen molar-refractivity contribution in [2.75, 3.05) is 6.61 Å². The minimum absolute atomic E-state index is 0.755. The van der Waals surface area contributed by atoms with Crippen LogP contribution in [0.3, 0.4) is 0 Å². The van der Waals surface area contributed by atoms with Crippen molar-refractivity contribution in [2.24, 2.45) is 0 Å². The van der Waals surface area contributed by atoms with Crippen molar-refractivity contribution in [3.8, 4) is 5.75 Å². The van der Waals surface area contributed by atoms with Crippen LogP contribution < -0.4 is 4.74 Å². The molecule has 0 heterocycles. The van der Waals surface area contributed by atoms with E-state index in [-0.39, 0.29) is 0 Å². The Morgan fingerprint density at radius 2 is 1.89 bits per heavy atom. The van der Waals surface area contributed by atoms with Gasteiger partial charge in [0.1, 0.15) is 5.75 Å². The summed E-state index contributed by atoms with van der Waals surface area (Å²) in [5, 5.41) is 0. The smallest absolute Gasteiger partial charge is 0.120 e. The summed E-state index contributed by atoms with van der Waals surface area (Å²) in [6.07, 6.45) is 2.11. The fraction of sp³-hybridized carbons (Fsp3) is 0.250. The molecule has 0 aliphatic rings. The number of hydrogen-bond acceptors (Lipinski definition) is 1. The van der Waals surface area contributed by atoms with Gasteiger partial charge in [0.15, 0.2) is 0 Å². The van der Waals surface area contributed by atoms with Crippen molar-refractivity contribution < 1.29 is 4.74 Å². The summed E-state index contributed by atoms with van der Waals surface area (Å²) in [4.78, 5) is 0. The van der Waals surface area contributed by atoms with Crippen molar-refractivity contribution in [3.05, 3.63) is 64.1 Å². The molecule has 0 aromatic heterocycles. The topological polar surface area (TPSA) is 9.23 Å². The van der Waals surface area contributed by atoms with Crippen LogP contribution in [-0.4, -0.2) is 6.61 Å². The molecule has 2 aromatic rings. The van der Waals surface area contributed by atoms with Gasteiger partial charge in [-0.1, -0.05) is 46.3 Å². The molecule has 2 rings (SSSR count). The summed E-state index contributed by atoms with van der Waals surface area (Å²) in [5.41, 5.74) is 2.77. The van der Waals surface area contributed by atoms with Crippen LogP contribution in [0.2, 0.25) is 0 Å². The lowest BCUT2D eigenvalue weighted by atomic mass is 10.0. The van der Waals surface area contributed by atoms with Crippen LogP contribution in [0.4, 0.5) is 0 Å². The minimum atomic E-state index is 0.755. The lowest BCUT2D eigenvalue weighted by Gasteiger charge is -2.08. The van der Waals surface area contributed by atoms with Crippen LogP contribution in [0.25, 0.3) is 0 Å². The molecule has 0 atom stereocenters. The highest BCUT2D eigenvalue weighted by molar-refractivity contribution is 9.10. The normalized spacial score (nSPS) is 10.3. The van der Waals surface area contributed by atoms with Crippen molar-refractivity contribution in [1.82, 2.24) is 0 Å². The largest absolute Gasteiger partial charge is 0.494 e. The van der Waals surface area contributed by atoms with Crippen molar-refractivity contribution >= 4 is 15.9 Å². The Morgan fingerprint density at radius 1 is 1.06 bits per heavy atom. The number of benzene rings is 2. The first-order valence-corrected chi connectivity index (χ1v) is 6.98. The number of aryl methyl sites for hydroxylation is 2. The molecule has 0 radical (unpaired) electrons. The first-order valence-electron chi connectivity index (χ1n) is 6.18. The number of ether oxygens (including phenoxy) is 1. The van der Waals surface area contributed by atoms with E-state index in [0.717, 1.165) is 29.7 Å². The Kier molecular flexibility index (Phi) is 4.82. The summed E-state index contributed by atoms with van der Waals surface area (Å²) < 4.78 is 6.77. The number of rotatable bonds is 5. The van der Waals surface area contributed by atoms with E-state index in [1.165, 1.54) is 11.1 Å². The zero-order valence-corrected chi connectivity index (χ0v) is 12.1. The van der Waals surface area contributed by atoms with E-state index < -0.39 is 0 Å². The fourth-order valence-corrected chi connectivity index (χ4v) is 2.28. The SMILES string of the molecule is Cc1ccccc1CCCOc1cccc(Br)c1. The summed E-state index contributed by atoms with van der Waals surface area (Å²) in [7, 11) is 0. The van der Waals surface area contributed by atoms with Gasteiger partial charge >= 0.3 is 0 Å². The molecule has 0 aliphatic heterocycles. The van der Waals surface area contributed by atoms with E-state index >= 15 is 0 Å². The van der Waals surface area contributed by atoms with Gasteiger partial charge in [-0.15, -0.1) is 0 Å². The summed E-state index contributed by atoms with van der Waals surface area (Å²) in [6.45, 7) is 2.91. The third-order valence-corrected chi connectivity index (χ3v) is 3.41. The Balaban J connectivity index is 1.78. The molecule has 2 aromatic carbocycles. The molecule has 0 unspecified atom stereocenters. The molecule has 94 valence electrons. The van der Waals surface area contributed by atoms with Gasteiger partial charge in [-0.05, 0) is 49.1 Å². The maximum Gasteiger partial charge on any atom is 0.120 e. The van der Waals surface area contributed by atoms with E-state index in [0.29, 0.717) is 0 Å². The Labute approximate surface area is 117 Å². The predicted octanol–water partition coefficient (Wildman–Crippen LogP) is 4.77. The van der Waals surface area contributed by atoms with Crippen LogP contribution in [0, 0.1) is 6.92 Å². The lowest BCUT2D eigenvalue weighted by Crippen LogP contribution is -2.00. The second-order valence-corrected chi connectivity index (χ2v) is 5.25. The molecule has 0 aliphatic carbocycles. The molecular formula is C16H17BrO.